The molecule has 0 aromatic heterocycles. The molecule has 0 bridgehead atoms. The van der Waals surface area contributed by atoms with Crippen LogP contribution in [0.1, 0.15) is 0 Å². The SMILES string of the molecule is O=S(=O)(O)O.O=S(=O)(O)O.O=S(=O)(O)O.O=S(=O)(O)O.O=S(=O)(O)O.O=S(=O)(O)O.O=S(=O)(O)O.O=S(=O)(O)O.O=S(=O)(O)O.O=S(=O)(O)O.[Fe].[Fe].[Fe]. The van der Waals surface area contributed by atoms with Crippen molar-refractivity contribution in [3.63, 3.8) is 0 Å². The molecule has 0 atom stereocenters. The van der Waals surface area contributed by atoms with E-state index in [9.17, 15) is 0 Å². The summed E-state index contributed by atoms with van der Waals surface area (Å²) < 4.78 is 316. The molecule has 0 aliphatic rings. The molecule has 0 unspecified atom stereocenters. The summed E-state index contributed by atoms with van der Waals surface area (Å²) >= 11 is 0. The van der Waals surface area contributed by atoms with Crippen molar-refractivity contribution in [3.8, 4) is 0 Å². The summed E-state index contributed by atoms with van der Waals surface area (Å²) in [5, 5.41) is 0. The van der Waals surface area contributed by atoms with Crippen molar-refractivity contribution < 1.29 is 226 Å². The summed E-state index contributed by atoms with van der Waals surface area (Å²) in [5.74, 6) is 0. The molecule has 0 rings (SSSR count). The number of hydrogen-bond acceptors (Lipinski definition) is 20. The van der Waals surface area contributed by atoms with Crippen molar-refractivity contribution >= 4 is 104 Å². The van der Waals surface area contributed by atoms with Gasteiger partial charge in [-0.05, 0) is 0 Å². The first kappa shape index (κ1) is 89.7. The van der Waals surface area contributed by atoms with Gasteiger partial charge in [0.15, 0.2) is 0 Å². The van der Waals surface area contributed by atoms with Crippen LogP contribution in [0.5, 0.6) is 0 Å². The van der Waals surface area contributed by atoms with E-state index in [1.807, 2.05) is 0 Å². The van der Waals surface area contributed by atoms with Crippen LogP contribution in [0.15, 0.2) is 0 Å². The fourth-order valence-electron chi connectivity index (χ4n) is 0. The standard InChI is InChI=1S/3Fe.10H2O4S/c;;;10*1-5(2,3)4/h;;;10*(H2,1,2,3,4). The van der Waals surface area contributed by atoms with Crippen molar-refractivity contribution in [3.05, 3.63) is 0 Å². The molecule has 0 radical (unpaired) electrons. The molecule has 20 N–H and O–H groups in total. The smallest absolute Gasteiger partial charge is 0.264 e. The van der Waals surface area contributed by atoms with Crippen LogP contribution in [0.2, 0.25) is 0 Å². The van der Waals surface area contributed by atoms with Crippen LogP contribution in [0, 0.1) is 0 Å². The Morgan fingerprint density at radius 1 is 0.132 bits per heavy atom. The molecule has 0 aliphatic heterocycles. The fourth-order valence-corrected chi connectivity index (χ4v) is 0. The Labute approximate surface area is 328 Å². The molecule has 0 heterocycles. The predicted molar refractivity (Wildman–Crippen MR) is 142 cm³/mol. The summed E-state index contributed by atoms with van der Waals surface area (Å²) in [4.78, 5) is 0. The van der Waals surface area contributed by atoms with Gasteiger partial charge in [0.05, 0.1) is 0 Å². The molecule has 0 aliphatic carbocycles. The summed E-state index contributed by atoms with van der Waals surface area (Å²) in [6, 6.07) is 0. The van der Waals surface area contributed by atoms with Gasteiger partial charge in [0.1, 0.15) is 0 Å². The molecule has 0 aromatic carbocycles. The van der Waals surface area contributed by atoms with Crippen LogP contribution in [0.4, 0.5) is 0 Å². The van der Waals surface area contributed by atoms with E-state index in [0.29, 0.717) is 0 Å². The Balaban J connectivity index is -0.0000000303. The zero-order valence-electron chi connectivity index (χ0n) is 22.3. The van der Waals surface area contributed by atoms with Crippen molar-refractivity contribution in [1.29, 1.82) is 0 Å². The second kappa shape index (κ2) is 37.8. The van der Waals surface area contributed by atoms with Crippen molar-refractivity contribution in [1.82, 2.24) is 0 Å². The van der Waals surface area contributed by atoms with E-state index >= 15 is 0 Å². The molecule has 0 amide bonds. The summed E-state index contributed by atoms with van der Waals surface area (Å²) in [6.45, 7) is 0. The van der Waals surface area contributed by atoms with Gasteiger partial charge >= 0.3 is 104 Å². The Morgan fingerprint density at radius 2 is 0.132 bits per heavy atom. The third-order valence-electron chi connectivity index (χ3n) is 0. The van der Waals surface area contributed by atoms with Crippen molar-refractivity contribution in [2.24, 2.45) is 0 Å². The summed E-state index contributed by atoms with van der Waals surface area (Å²) in [7, 11) is -46.7. The van der Waals surface area contributed by atoms with E-state index < -0.39 is 104 Å². The van der Waals surface area contributed by atoms with Gasteiger partial charge in [0.2, 0.25) is 0 Å². The molecule has 0 saturated carbocycles. The minimum Gasteiger partial charge on any atom is -0.264 e. The molecule has 0 spiro atoms. The molecule has 0 aromatic rings. The van der Waals surface area contributed by atoms with Gasteiger partial charge in [-0.2, -0.15) is 84.2 Å². The van der Waals surface area contributed by atoms with Gasteiger partial charge in [-0.25, -0.2) is 0 Å². The van der Waals surface area contributed by atoms with Crippen LogP contribution >= 0.6 is 0 Å². The van der Waals surface area contributed by atoms with Crippen LogP contribution < -0.4 is 0 Å². The summed E-state index contributed by atoms with van der Waals surface area (Å²) in [5.41, 5.74) is 0. The average molecular weight is 1150 g/mol. The maximum atomic E-state index is 8.74. The maximum absolute atomic E-state index is 8.74. The average Bonchev–Trinajstić information content (AvgIpc) is 2.34. The Hall–Kier alpha value is 0.258. The molecule has 0 saturated heterocycles. The zero-order chi connectivity index (χ0) is 45.0. The van der Waals surface area contributed by atoms with E-state index in [4.69, 9.17) is 175 Å². The second-order valence-electron chi connectivity index (χ2n) is 4.48. The van der Waals surface area contributed by atoms with E-state index in [0.717, 1.165) is 0 Å². The molecule has 53 heavy (non-hydrogen) atoms. The van der Waals surface area contributed by atoms with Crippen LogP contribution in [0.3, 0.4) is 0 Å². The van der Waals surface area contributed by atoms with Gasteiger partial charge in [-0.15, -0.1) is 0 Å². The van der Waals surface area contributed by atoms with Gasteiger partial charge in [-0.3, -0.25) is 91.1 Å². The molecular weight excluding hydrogens is 1130 g/mol. The van der Waals surface area contributed by atoms with E-state index in [1.54, 1.807) is 0 Å². The topological polar surface area (TPSA) is 746 Å². The Kier molecular flexibility index (Phi) is 64.0. The predicted octanol–water partition coefficient (Wildman–Crippen LogP) is -6.54. The quantitative estimate of drug-likeness (QED) is 0.0792. The molecule has 53 heteroatoms. The summed E-state index contributed by atoms with van der Waals surface area (Å²) in [6.07, 6.45) is 0. The number of rotatable bonds is 0. The van der Waals surface area contributed by atoms with E-state index in [2.05, 4.69) is 0 Å². The van der Waals surface area contributed by atoms with Gasteiger partial charge in [-0.1, -0.05) is 0 Å². The molecular formula is H20Fe3O40S10. The Morgan fingerprint density at radius 3 is 0.132 bits per heavy atom. The minimum atomic E-state index is -4.67. The van der Waals surface area contributed by atoms with Gasteiger partial charge < -0.3 is 0 Å². The normalized spacial score (nSPS) is 10.9. The van der Waals surface area contributed by atoms with Crippen molar-refractivity contribution in [2.45, 2.75) is 0 Å². The second-order valence-corrected chi connectivity index (χ2v) is 13.4. The third-order valence-corrected chi connectivity index (χ3v) is 0. The largest absolute Gasteiger partial charge is 0.394 e. The van der Waals surface area contributed by atoms with Gasteiger partial charge in [0.25, 0.3) is 0 Å². The first-order valence-corrected chi connectivity index (χ1v) is 21.0. The third kappa shape index (κ3) is 1980000. The molecule has 40 nitrogen and oxygen atoms in total. The van der Waals surface area contributed by atoms with Crippen LogP contribution in [-0.4, -0.2) is 175 Å². The maximum Gasteiger partial charge on any atom is 0.394 e. The first-order chi connectivity index (χ1) is 20.0. The number of hydrogen-bond donors (Lipinski definition) is 20. The molecule has 0 fully saturated rings. The first-order valence-electron chi connectivity index (χ1n) is 6.98. The van der Waals surface area contributed by atoms with Gasteiger partial charge in [0, 0.05) is 51.2 Å². The minimum absolute atomic E-state index is 0. The monoisotopic (exact) mass is 1150 g/mol. The van der Waals surface area contributed by atoms with E-state index in [1.165, 1.54) is 0 Å². The van der Waals surface area contributed by atoms with Crippen LogP contribution in [0.25, 0.3) is 0 Å². The molecule has 344 valence electrons. The zero-order valence-corrected chi connectivity index (χ0v) is 33.7. The van der Waals surface area contributed by atoms with Crippen LogP contribution in [-0.2, 0) is 155 Å². The van der Waals surface area contributed by atoms with Crippen molar-refractivity contribution in [2.75, 3.05) is 0 Å². The van der Waals surface area contributed by atoms with E-state index in [-0.39, 0.29) is 51.2 Å². The fraction of sp³-hybridized carbons (Fsp3) is 0. The Bertz CT molecular complexity index is 1380.